The molecule has 0 radical (unpaired) electrons. The lowest BCUT2D eigenvalue weighted by atomic mass is 10.0. The van der Waals surface area contributed by atoms with Gasteiger partial charge in [-0.3, -0.25) is 4.79 Å². The van der Waals surface area contributed by atoms with Crippen molar-refractivity contribution in [1.82, 2.24) is 0 Å². The summed E-state index contributed by atoms with van der Waals surface area (Å²) in [6.45, 7) is 6.29. The van der Waals surface area contributed by atoms with Gasteiger partial charge >= 0.3 is 0 Å². The Morgan fingerprint density at radius 1 is 1.10 bits per heavy atom. The summed E-state index contributed by atoms with van der Waals surface area (Å²) in [6.07, 6.45) is 0. The van der Waals surface area contributed by atoms with E-state index in [4.69, 9.17) is 11.6 Å². The summed E-state index contributed by atoms with van der Waals surface area (Å²) < 4.78 is 0.659. The second-order valence-corrected chi connectivity index (χ2v) is 8.08. The van der Waals surface area contributed by atoms with Crippen LogP contribution in [0.1, 0.15) is 41.9 Å². The second-order valence-electron chi connectivity index (χ2n) is 4.95. The zero-order valence-electron chi connectivity index (χ0n) is 11.7. The molecule has 0 saturated heterocycles. The molecule has 2 rings (SSSR count). The lowest BCUT2D eigenvalue weighted by Crippen LogP contribution is -2.11. The minimum atomic E-state index is -0.102. The third-order valence-electron chi connectivity index (χ3n) is 3.04. The Balaban J connectivity index is 2.03. The van der Waals surface area contributed by atoms with Crippen molar-refractivity contribution < 1.29 is 4.79 Å². The molecule has 1 aromatic heterocycles. The van der Waals surface area contributed by atoms with Crippen molar-refractivity contribution >= 4 is 40.5 Å². The van der Waals surface area contributed by atoms with Crippen molar-refractivity contribution in [3.63, 3.8) is 0 Å². The van der Waals surface area contributed by atoms with E-state index in [2.05, 4.69) is 38.1 Å². The predicted octanol–water partition coefficient (Wildman–Crippen LogP) is 5.89. The van der Waals surface area contributed by atoms with Crippen LogP contribution in [0, 0.1) is 0 Å². The molecular weight excluding hydrogens is 308 g/mol. The van der Waals surface area contributed by atoms with Gasteiger partial charge in [0.1, 0.15) is 0 Å². The van der Waals surface area contributed by atoms with E-state index >= 15 is 0 Å². The fourth-order valence-corrected chi connectivity index (χ4v) is 3.92. The summed E-state index contributed by atoms with van der Waals surface area (Å²) in [4.78, 5) is 14.1. The molecule has 1 heterocycles. The SMILES string of the molecule is CC(Sc1ccc(C(C)C)cc1)C(=O)c1ccc(Cl)s1. The molecule has 1 aromatic carbocycles. The van der Waals surface area contributed by atoms with Crippen molar-refractivity contribution in [3.8, 4) is 0 Å². The van der Waals surface area contributed by atoms with E-state index in [-0.39, 0.29) is 11.0 Å². The van der Waals surface area contributed by atoms with Gasteiger partial charge in [-0.1, -0.05) is 37.6 Å². The number of rotatable bonds is 5. The molecule has 0 amide bonds. The monoisotopic (exact) mass is 324 g/mol. The molecule has 4 heteroatoms. The van der Waals surface area contributed by atoms with Crippen LogP contribution in [0.2, 0.25) is 4.34 Å². The third kappa shape index (κ3) is 3.87. The van der Waals surface area contributed by atoms with Gasteiger partial charge in [-0.15, -0.1) is 23.1 Å². The Labute approximate surface area is 133 Å². The van der Waals surface area contributed by atoms with Gasteiger partial charge in [0, 0.05) is 4.90 Å². The highest BCUT2D eigenvalue weighted by Gasteiger charge is 2.18. The summed E-state index contributed by atoms with van der Waals surface area (Å²) >= 11 is 8.81. The molecule has 2 aromatic rings. The van der Waals surface area contributed by atoms with Crippen LogP contribution in [0.5, 0.6) is 0 Å². The van der Waals surface area contributed by atoms with Gasteiger partial charge in [0.05, 0.1) is 14.5 Å². The van der Waals surface area contributed by atoms with Crippen LogP contribution in [0.15, 0.2) is 41.3 Å². The standard InChI is InChI=1S/C16H17ClOS2/c1-10(2)12-4-6-13(7-5-12)19-11(3)16(18)14-8-9-15(17)20-14/h4-11H,1-3H3. The van der Waals surface area contributed by atoms with E-state index in [1.807, 2.05) is 6.92 Å². The minimum absolute atomic E-state index is 0.102. The van der Waals surface area contributed by atoms with E-state index in [1.165, 1.54) is 16.9 Å². The lowest BCUT2D eigenvalue weighted by Gasteiger charge is -2.10. The molecule has 0 aliphatic heterocycles. The van der Waals surface area contributed by atoms with Gasteiger partial charge in [0.2, 0.25) is 0 Å². The molecule has 0 bridgehead atoms. The number of Topliss-reactive ketones (excluding diaryl/α,β-unsaturated/α-hetero) is 1. The first kappa shape index (κ1) is 15.6. The van der Waals surface area contributed by atoms with Crippen molar-refractivity contribution in [1.29, 1.82) is 0 Å². The normalized spacial score (nSPS) is 12.7. The molecule has 106 valence electrons. The van der Waals surface area contributed by atoms with Crippen LogP contribution < -0.4 is 0 Å². The third-order valence-corrected chi connectivity index (χ3v) is 5.40. The molecule has 0 spiro atoms. The van der Waals surface area contributed by atoms with E-state index in [9.17, 15) is 4.79 Å². The Bertz CT molecular complexity index is 587. The van der Waals surface area contributed by atoms with Crippen molar-refractivity contribution in [2.45, 2.75) is 36.8 Å². The highest BCUT2D eigenvalue weighted by molar-refractivity contribution is 8.00. The summed E-state index contributed by atoms with van der Waals surface area (Å²) in [5, 5.41) is -0.102. The number of carbonyl (C=O) groups is 1. The number of hydrogen-bond donors (Lipinski definition) is 0. The topological polar surface area (TPSA) is 17.1 Å². The quantitative estimate of drug-likeness (QED) is 0.504. The first-order valence-corrected chi connectivity index (χ1v) is 8.61. The molecule has 0 aliphatic carbocycles. The maximum atomic E-state index is 12.3. The highest BCUT2D eigenvalue weighted by Crippen LogP contribution is 2.30. The maximum absolute atomic E-state index is 12.3. The molecule has 1 atom stereocenters. The fraction of sp³-hybridized carbons (Fsp3) is 0.312. The molecule has 0 fully saturated rings. The molecule has 0 saturated carbocycles. The van der Waals surface area contributed by atoms with Crippen LogP contribution in [0.3, 0.4) is 0 Å². The number of benzene rings is 1. The Morgan fingerprint density at radius 2 is 1.75 bits per heavy atom. The van der Waals surface area contributed by atoms with Crippen molar-refractivity contribution in [2.24, 2.45) is 0 Å². The molecule has 1 nitrogen and oxygen atoms in total. The van der Waals surface area contributed by atoms with Crippen molar-refractivity contribution in [2.75, 3.05) is 0 Å². The van der Waals surface area contributed by atoms with Gasteiger partial charge in [0.15, 0.2) is 5.78 Å². The van der Waals surface area contributed by atoms with Crippen LogP contribution >= 0.6 is 34.7 Å². The van der Waals surface area contributed by atoms with E-state index in [0.717, 1.165) is 9.77 Å². The first-order chi connectivity index (χ1) is 9.47. The zero-order chi connectivity index (χ0) is 14.7. The lowest BCUT2D eigenvalue weighted by molar-refractivity contribution is 0.0998. The largest absolute Gasteiger partial charge is 0.292 e. The number of thiophene rings is 1. The average molecular weight is 325 g/mol. The molecule has 0 aliphatic rings. The van der Waals surface area contributed by atoms with Gasteiger partial charge in [-0.2, -0.15) is 0 Å². The Morgan fingerprint density at radius 3 is 2.25 bits per heavy atom. The van der Waals surface area contributed by atoms with Crippen LogP contribution in [-0.4, -0.2) is 11.0 Å². The summed E-state index contributed by atoms with van der Waals surface area (Å²) in [5.41, 5.74) is 1.32. The molecular formula is C16H17ClOS2. The number of carbonyl (C=O) groups excluding carboxylic acids is 1. The van der Waals surface area contributed by atoms with E-state index in [1.54, 1.807) is 23.9 Å². The van der Waals surface area contributed by atoms with Crippen molar-refractivity contribution in [3.05, 3.63) is 51.2 Å². The predicted molar refractivity (Wildman–Crippen MR) is 89.5 cm³/mol. The fourth-order valence-electron chi connectivity index (χ4n) is 1.84. The second kappa shape index (κ2) is 6.79. The smallest absolute Gasteiger partial charge is 0.185 e. The number of thioether (sulfide) groups is 1. The summed E-state index contributed by atoms with van der Waals surface area (Å²) in [5.74, 6) is 0.668. The molecule has 1 unspecified atom stereocenters. The van der Waals surface area contributed by atoms with Crippen LogP contribution in [0.4, 0.5) is 0 Å². The van der Waals surface area contributed by atoms with E-state index in [0.29, 0.717) is 10.3 Å². The number of halogens is 1. The van der Waals surface area contributed by atoms with Gasteiger partial charge < -0.3 is 0 Å². The Kier molecular flexibility index (Phi) is 5.30. The van der Waals surface area contributed by atoms with Crippen LogP contribution in [0.25, 0.3) is 0 Å². The van der Waals surface area contributed by atoms with Gasteiger partial charge in [-0.25, -0.2) is 0 Å². The summed E-state index contributed by atoms with van der Waals surface area (Å²) in [7, 11) is 0. The van der Waals surface area contributed by atoms with E-state index < -0.39 is 0 Å². The number of ketones is 1. The number of hydrogen-bond acceptors (Lipinski definition) is 3. The van der Waals surface area contributed by atoms with Gasteiger partial charge in [0.25, 0.3) is 0 Å². The zero-order valence-corrected chi connectivity index (χ0v) is 14.1. The van der Waals surface area contributed by atoms with Gasteiger partial charge in [-0.05, 0) is 42.7 Å². The summed E-state index contributed by atoms with van der Waals surface area (Å²) in [6, 6.07) is 12.0. The Hall–Kier alpha value is -0.770. The van der Waals surface area contributed by atoms with Crippen LogP contribution in [-0.2, 0) is 0 Å². The highest BCUT2D eigenvalue weighted by atomic mass is 35.5. The average Bonchev–Trinajstić information content (AvgIpc) is 2.85. The molecule has 0 N–H and O–H groups in total. The first-order valence-electron chi connectivity index (χ1n) is 6.53. The minimum Gasteiger partial charge on any atom is -0.292 e. The molecule has 20 heavy (non-hydrogen) atoms. The maximum Gasteiger partial charge on any atom is 0.185 e.